The number of hydrogen-bond acceptors (Lipinski definition) is 8. The van der Waals surface area contributed by atoms with E-state index in [2.05, 4.69) is 93.3 Å². The van der Waals surface area contributed by atoms with Crippen LogP contribution in [0.15, 0.2) is 81.6 Å². The van der Waals surface area contributed by atoms with Gasteiger partial charge in [-0.3, -0.25) is 9.79 Å². The number of nitrogens with two attached hydrogens (primary N) is 2. The Morgan fingerprint density at radius 1 is 1.04 bits per heavy atom. The summed E-state index contributed by atoms with van der Waals surface area (Å²) in [6.45, 7) is 17.9. The molecule has 0 aromatic heterocycles. The summed E-state index contributed by atoms with van der Waals surface area (Å²) in [5, 5.41) is 9.45. The van der Waals surface area contributed by atoms with Crippen LogP contribution < -0.4 is 22.1 Å². The van der Waals surface area contributed by atoms with Gasteiger partial charge in [0.15, 0.2) is 0 Å². The summed E-state index contributed by atoms with van der Waals surface area (Å²) in [6.07, 6.45) is 12.5. The molecule has 2 unspecified atom stereocenters. The van der Waals surface area contributed by atoms with Crippen molar-refractivity contribution in [1.82, 2.24) is 10.2 Å². The first-order valence-corrected chi connectivity index (χ1v) is 16.8. The summed E-state index contributed by atoms with van der Waals surface area (Å²) in [5.74, 6) is 2.11. The van der Waals surface area contributed by atoms with Crippen LogP contribution in [0.25, 0.3) is 0 Å². The molecular formula is C37H59N9O. The molecule has 7 N–H and O–H groups in total. The van der Waals surface area contributed by atoms with Crippen LogP contribution in [0.3, 0.4) is 0 Å². The Hall–Kier alpha value is -4.31. The third-order valence-corrected chi connectivity index (χ3v) is 7.72. The molecule has 0 bridgehead atoms. The molecule has 2 aliphatic carbocycles. The zero-order valence-electron chi connectivity index (χ0n) is 29.7. The zero-order chi connectivity index (χ0) is 35.2. The molecule has 2 atom stereocenters. The minimum absolute atomic E-state index is 0.220. The third kappa shape index (κ3) is 14.8. The van der Waals surface area contributed by atoms with Crippen molar-refractivity contribution in [3.8, 4) is 0 Å². The van der Waals surface area contributed by atoms with E-state index in [4.69, 9.17) is 11.3 Å². The molecule has 2 aromatic carbocycles. The maximum atomic E-state index is 9.54. The van der Waals surface area contributed by atoms with Crippen molar-refractivity contribution >= 4 is 36.0 Å². The van der Waals surface area contributed by atoms with E-state index in [0.717, 1.165) is 49.1 Å². The maximum Gasteiger partial charge on any atom is 0.207 e. The molecule has 1 aliphatic heterocycles. The lowest BCUT2D eigenvalue weighted by Gasteiger charge is -2.27. The lowest BCUT2D eigenvalue weighted by molar-refractivity contribution is -0.109. The Morgan fingerprint density at radius 2 is 1.66 bits per heavy atom. The average Bonchev–Trinajstić information content (AvgIpc) is 3.91. The maximum absolute atomic E-state index is 9.54. The van der Waals surface area contributed by atoms with Gasteiger partial charge >= 0.3 is 0 Å². The molecule has 1 heterocycles. The van der Waals surface area contributed by atoms with E-state index in [-0.39, 0.29) is 6.04 Å². The topological polar surface area (TPSA) is 157 Å². The average molecular weight is 646 g/mol. The van der Waals surface area contributed by atoms with E-state index in [1.807, 2.05) is 33.8 Å². The van der Waals surface area contributed by atoms with Gasteiger partial charge in [0.25, 0.3) is 0 Å². The van der Waals surface area contributed by atoms with Crippen molar-refractivity contribution in [3.63, 3.8) is 0 Å². The minimum atomic E-state index is 0.220. The first-order valence-electron chi connectivity index (χ1n) is 16.8. The summed E-state index contributed by atoms with van der Waals surface area (Å²) >= 11 is 0. The van der Waals surface area contributed by atoms with E-state index in [1.165, 1.54) is 32.7 Å². The zero-order valence-corrected chi connectivity index (χ0v) is 29.7. The van der Waals surface area contributed by atoms with Crippen LogP contribution in [0, 0.1) is 17.4 Å². The van der Waals surface area contributed by atoms with Gasteiger partial charge < -0.3 is 27.0 Å². The lowest BCUT2D eigenvalue weighted by Crippen LogP contribution is -2.33. The number of amides is 1. The SMILES string of the molecule is C=N/C=C(\C(N)=Nc1ccc(N=N)c(NC(C)C)c1)N1CC=CCC1.CC.CC1Cc2ccccc2CC1C.CN.O=CNC1CC1. The second kappa shape index (κ2) is 23.1. The number of amidine groups is 1. The van der Waals surface area contributed by atoms with Gasteiger partial charge in [-0.1, -0.05) is 64.1 Å². The highest BCUT2D eigenvalue weighted by molar-refractivity contribution is 5.98. The number of nitrogens with zero attached hydrogens (tertiary/aromatic N) is 4. The van der Waals surface area contributed by atoms with Gasteiger partial charge in [0.2, 0.25) is 6.41 Å². The number of carbonyl (C=O) groups excluding carboxylic acids is 1. The second-order valence-corrected chi connectivity index (χ2v) is 11.7. The van der Waals surface area contributed by atoms with Crippen LogP contribution >= 0.6 is 0 Å². The summed E-state index contributed by atoms with van der Waals surface area (Å²) < 4.78 is 0. The monoisotopic (exact) mass is 645 g/mol. The Balaban J connectivity index is 0.000000410. The molecule has 1 fully saturated rings. The van der Waals surface area contributed by atoms with Crippen LogP contribution in [0.1, 0.15) is 71.9 Å². The Kier molecular flexibility index (Phi) is 20.0. The Labute approximate surface area is 283 Å². The molecule has 1 amide bonds. The fourth-order valence-corrected chi connectivity index (χ4v) is 4.97. The number of carbonyl (C=O) groups is 1. The molecule has 0 radical (unpaired) electrons. The highest BCUT2D eigenvalue weighted by Gasteiger charge is 2.21. The fraction of sp³-hybridized carbons (Fsp3) is 0.486. The summed E-state index contributed by atoms with van der Waals surface area (Å²) in [5.41, 5.74) is 23.9. The van der Waals surface area contributed by atoms with Crippen LogP contribution in [-0.2, 0) is 17.6 Å². The van der Waals surface area contributed by atoms with Gasteiger partial charge in [0.05, 0.1) is 23.3 Å². The molecule has 5 rings (SSSR count). The molecule has 2 aromatic rings. The van der Waals surface area contributed by atoms with Crippen LogP contribution in [0.4, 0.5) is 17.1 Å². The van der Waals surface area contributed by atoms with E-state index >= 15 is 0 Å². The summed E-state index contributed by atoms with van der Waals surface area (Å²) in [6, 6.07) is 15.0. The number of hydrogen-bond donors (Lipinski definition) is 5. The Bertz CT molecular complexity index is 1290. The highest BCUT2D eigenvalue weighted by Crippen LogP contribution is 2.31. The van der Waals surface area contributed by atoms with Gasteiger partial charge in [-0.05, 0) is 101 Å². The van der Waals surface area contributed by atoms with E-state index in [1.54, 1.807) is 29.5 Å². The standard InChI is InChI=1S/C18H25N7.C12H16.C4H7NO.C2H6.CH5N/c1-13(2)22-16-11-14(7-8-15(16)24-20)23-18(19)17(12-21-3)25-9-5-4-6-10-25;1-9-7-11-5-3-4-6-12(11)8-10(9)2;6-3-5-4-1-2-4;2*1-2/h4-5,7-8,11-13,20,22H,3,6,9-10H2,1-2H3,(H2,19,23);3-6,9-10H,7-8H2,1-2H3;3-4H,1-2H2,(H,5,6);1-2H3;2H2,1H3/b17-12+,24-20?;;;;. The predicted molar refractivity (Wildman–Crippen MR) is 200 cm³/mol. The van der Waals surface area contributed by atoms with Crippen molar-refractivity contribution in [2.24, 2.45) is 38.4 Å². The van der Waals surface area contributed by atoms with E-state index in [0.29, 0.717) is 23.3 Å². The first-order chi connectivity index (χ1) is 22.7. The number of fused-ring (bicyclic) bond motifs is 1. The Morgan fingerprint density at radius 3 is 2.11 bits per heavy atom. The lowest BCUT2D eigenvalue weighted by atomic mass is 9.78. The molecule has 0 saturated heterocycles. The summed E-state index contributed by atoms with van der Waals surface area (Å²) in [4.78, 5) is 20.1. The minimum Gasteiger partial charge on any atom is -0.382 e. The number of rotatable bonds is 9. The number of anilines is 1. The molecule has 1 saturated carbocycles. The smallest absolute Gasteiger partial charge is 0.207 e. The first kappa shape index (κ1) is 40.7. The van der Waals surface area contributed by atoms with Gasteiger partial charge in [-0.25, -0.2) is 10.5 Å². The molecule has 10 nitrogen and oxygen atoms in total. The largest absolute Gasteiger partial charge is 0.382 e. The number of benzene rings is 2. The van der Waals surface area contributed by atoms with E-state index < -0.39 is 0 Å². The number of aliphatic imine (C=N–C) groups is 2. The molecule has 258 valence electrons. The molecular weight excluding hydrogens is 586 g/mol. The van der Waals surface area contributed by atoms with Crippen molar-refractivity contribution in [2.75, 3.05) is 25.5 Å². The fourth-order valence-electron chi connectivity index (χ4n) is 4.97. The second-order valence-electron chi connectivity index (χ2n) is 11.7. The van der Waals surface area contributed by atoms with Gasteiger partial charge in [-0.15, -0.1) is 0 Å². The molecule has 47 heavy (non-hydrogen) atoms. The summed E-state index contributed by atoms with van der Waals surface area (Å²) in [7, 11) is 1.50. The van der Waals surface area contributed by atoms with Gasteiger partial charge in [-0.2, -0.15) is 5.11 Å². The molecule has 0 spiro atoms. The quantitative estimate of drug-likeness (QED) is 0.0627. The van der Waals surface area contributed by atoms with E-state index in [9.17, 15) is 4.79 Å². The predicted octanol–water partition coefficient (Wildman–Crippen LogP) is 7.52. The van der Waals surface area contributed by atoms with Gasteiger partial charge in [0, 0.05) is 25.2 Å². The van der Waals surface area contributed by atoms with Crippen molar-refractivity contribution in [3.05, 3.63) is 77.6 Å². The highest BCUT2D eigenvalue weighted by atomic mass is 16.1. The van der Waals surface area contributed by atoms with Crippen molar-refractivity contribution in [2.45, 2.75) is 85.7 Å². The molecule has 10 heteroatoms. The van der Waals surface area contributed by atoms with Crippen LogP contribution in [0.2, 0.25) is 0 Å². The van der Waals surface area contributed by atoms with Crippen molar-refractivity contribution < 1.29 is 4.79 Å². The van der Waals surface area contributed by atoms with Crippen LogP contribution in [-0.4, -0.2) is 56.1 Å². The van der Waals surface area contributed by atoms with Crippen molar-refractivity contribution in [1.29, 1.82) is 5.53 Å². The third-order valence-electron chi connectivity index (χ3n) is 7.72. The number of nitrogens with one attached hydrogen (secondary N) is 3. The normalized spacial score (nSPS) is 18.2. The molecule has 3 aliphatic rings. The van der Waals surface area contributed by atoms with Gasteiger partial charge in [0.1, 0.15) is 11.5 Å². The van der Waals surface area contributed by atoms with Crippen LogP contribution in [0.5, 0.6) is 0 Å².